The number of methoxy groups -OCH3 is 1. The molecule has 0 fully saturated rings. The largest absolute Gasteiger partial charge is 0.380 e. The van der Waals surface area contributed by atoms with Crippen molar-refractivity contribution in [2.24, 2.45) is 0 Å². The molecule has 0 radical (unpaired) electrons. The molecule has 2 nitrogen and oxygen atoms in total. The highest BCUT2D eigenvalue weighted by Gasteiger charge is 2.21. The predicted molar refractivity (Wildman–Crippen MR) is 49.1 cm³/mol. The summed E-state index contributed by atoms with van der Waals surface area (Å²) in [7, 11) is 1.64. The van der Waals surface area contributed by atoms with Crippen molar-refractivity contribution in [2.45, 2.75) is 37.6 Å². The van der Waals surface area contributed by atoms with Crippen molar-refractivity contribution < 1.29 is 9.53 Å². The van der Waals surface area contributed by atoms with E-state index in [-0.39, 0.29) is 16.7 Å². The van der Waals surface area contributed by atoms with Gasteiger partial charge in [0.2, 0.25) is 0 Å². The highest BCUT2D eigenvalue weighted by atomic mass is 79.9. The first-order chi connectivity index (χ1) is 5.13. The van der Waals surface area contributed by atoms with Crippen molar-refractivity contribution in [3.63, 3.8) is 0 Å². The Hall–Kier alpha value is 0.110. The van der Waals surface area contributed by atoms with Crippen LogP contribution in [0, 0.1) is 0 Å². The lowest BCUT2D eigenvalue weighted by Crippen LogP contribution is -2.28. The highest BCUT2D eigenvalue weighted by Crippen LogP contribution is 2.14. The van der Waals surface area contributed by atoms with E-state index in [1.54, 1.807) is 14.0 Å². The Morgan fingerprint density at radius 3 is 2.45 bits per heavy atom. The molecular formula is C8H15BrO2. The van der Waals surface area contributed by atoms with Gasteiger partial charge in [-0.15, -0.1) is 0 Å². The van der Waals surface area contributed by atoms with Gasteiger partial charge in [0.1, 0.15) is 5.78 Å². The molecule has 0 aromatic carbocycles. The number of halogens is 1. The summed E-state index contributed by atoms with van der Waals surface area (Å²) < 4.78 is 5.15. The van der Waals surface area contributed by atoms with Crippen LogP contribution in [-0.2, 0) is 9.53 Å². The van der Waals surface area contributed by atoms with Gasteiger partial charge in [0.25, 0.3) is 0 Å². The maximum absolute atomic E-state index is 10.9. The zero-order valence-electron chi connectivity index (χ0n) is 7.26. The standard InChI is InChI=1S/C8H15BrO2/c1-4-5-7(11-3)8(9)6(2)10/h7-8H,4-5H2,1-3H3. The van der Waals surface area contributed by atoms with Crippen molar-refractivity contribution in [1.29, 1.82) is 0 Å². The van der Waals surface area contributed by atoms with Crippen molar-refractivity contribution >= 4 is 21.7 Å². The second-order valence-electron chi connectivity index (χ2n) is 2.58. The second kappa shape index (κ2) is 5.72. The zero-order valence-corrected chi connectivity index (χ0v) is 8.85. The average Bonchev–Trinajstić information content (AvgIpc) is 1.98. The van der Waals surface area contributed by atoms with Crippen LogP contribution >= 0.6 is 15.9 Å². The number of ketones is 1. The molecule has 0 rings (SSSR count). The predicted octanol–water partition coefficient (Wildman–Crippen LogP) is 2.15. The Kier molecular flexibility index (Phi) is 5.78. The molecule has 0 aliphatic heterocycles. The number of hydrogen-bond acceptors (Lipinski definition) is 2. The molecule has 2 unspecified atom stereocenters. The van der Waals surface area contributed by atoms with Crippen LogP contribution < -0.4 is 0 Å². The third kappa shape index (κ3) is 3.87. The van der Waals surface area contributed by atoms with E-state index in [0.717, 1.165) is 12.8 Å². The molecular weight excluding hydrogens is 208 g/mol. The summed E-state index contributed by atoms with van der Waals surface area (Å²) >= 11 is 3.30. The molecule has 11 heavy (non-hydrogen) atoms. The van der Waals surface area contributed by atoms with Gasteiger partial charge in [-0.05, 0) is 13.3 Å². The monoisotopic (exact) mass is 222 g/mol. The van der Waals surface area contributed by atoms with Crippen LogP contribution in [0.5, 0.6) is 0 Å². The number of carbonyl (C=O) groups excluding carboxylic acids is 1. The minimum Gasteiger partial charge on any atom is -0.380 e. The van der Waals surface area contributed by atoms with Crippen molar-refractivity contribution in [3.05, 3.63) is 0 Å². The lowest BCUT2D eigenvalue weighted by molar-refractivity contribution is -0.118. The van der Waals surface area contributed by atoms with Gasteiger partial charge in [-0.3, -0.25) is 4.79 Å². The molecule has 0 aliphatic rings. The molecule has 0 aliphatic carbocycles. The van der Waals surface area contributed by atoms with E-state index >= 15 is 0 Å². The van der Waals surface area contributed by atoms with E-state index in [9.17, 15) is 4.79 Å². The number of hydrogen-bond donors (Lipinski definition) is 0. The summed E-state index contributed by atoms with van der Waals surface area (Å²) in [4.78, 5) is 10.7. The fourth-order valence-electron chi connectivity index (χ4n) is 0.930. The highest BCUT2D eigenvalue weighted by molar-refractivity contribution is 9.10. The van der Waals surface area contributed by atoms with Gasteiger partial charge in [0.05, 0.1) is 10.9 Å². The third-order valence-corrected chi connectivity index (χ3v) is 2.83. The normalized spacial score (nSPS) is 16.0. The minimum atomic E-state index is -0.146. The molecule has 66 valence electrons. The number of carbonyl (C=O) groups is 1. The number of Topliss-reactive ketones (excluding diaryl/α,β-unsaturated/α-hetero) is 1. The van der Waals surface area contributed by atoms with E-state index in [1.807, 2.05) is 0 Å². The fraction of sp³-hybridized carbons (Fsp3) is 0.875. The Bertz CT molecular complexity index is 125. The quantitative estimate of drug-likeness (QED) is 0.667. The fourth-order valence-corrected chi connectivity index (χ4v) is 1.41. The lowest BCUT2D eigenvalue weighted by Gasteiger charge is -2.17. The lowest BCUT2D eigenvalue weighted by atomic mass is 10.1. The van der Waals surface area contributed by atoms with Gasteiger partial charge in [-0.2, -0.15) is 0 Å². The first-order valence-corrected chi connectivity index (χ1v) is 4.72. The number of rotatable bonds is 5. The van der Waals surface area contributed by atoms with Crippen LogP contribution in [0.25, 0.3) is 0 Å². The van der Waals surface area contributed by atoms with Crippen LogP contribution in [0.15, 0.2) is 0 Å². The Morgan fingerprint density at radius 2 is 2.18 bits per heavy atom. The molecule has 2 atom stereocenters. The van der Waals surface area contributed by atoms with Gasteiger partial charge >= 0.3 is 0 Å². The summed E-state index contributed by atoms with van der Waals surface area (Å²) in [5.41, 5.74) is 0. The smallest absolute Gasteiger partial charge is 0.146 e. The van der Waals surface area contributed by atoms with E-state index in [1.165, 1.54) is 0 Å². The minimum absolute atomic E-state index is 0.0255. The maximum atomic E-state index is 10.9. The Balaban J connectivity index is 3.91. The summed E-state index contributed by atoms with van der Waals surface area (Å²) in [5, 5.41) is 0. The van der Waals surface area contributed by atoms with Gasteiger partial charge in [-0.1, -0.05) is 29.3 Å². The molecule has 0 heterocycles. The van der Waals surface area contributed by atoms with Gasteiger partial charge < -0.3 is 4.74 Å². The molecule has 0 spiro atoms. The molecule has 0 amide bonds. The van der Waals surface area contributed by atoms with Crippen LogP contribution in [0.3, 0.4) is 0 Å². The van der Waals surface area contributed by atoms with Gasteiger partial charge in [-0.25, -0.2) is 0 Å². The van der Waals surface area contributed by atoms with Crippen molar-refractivity contribution in [2.75, 3.05) is 7.11 Å². The maximum Gasteiger partial charge on any atom is 0.146 e. The summed E-state index contributed by atoms with van der Waals surface area (Å²) in [6.45, 7) is 3.65. The van der Waals surface area contributed by atoms with E-state index in [4.69, 9.17) is 4.74 Å². The molecule has 0 bridgehead atoms. The number of ether oxygens (including phenoxy) is 1. The number of alkyl halides is 1. The van der Waals surface area contributed by atoms with Gasteiger partial charge in [0.15, 0.2) is 0 Å². The van der Waals surface area contributed by atoms with E-state index in [2.05, 4.69) is 22.9 Å². The Labute approximate surface area is 76.4 Å². The summed E-state index contributed by atoms with van der Waals surface area (Å²) in [6, 6.07) is 0. The first-order valence-electron chi connectivity index (χ1n) is 3.80. The van der Waals surface area contributed by atoms with Crippen LogP contribution in [0.2, 0.25) is 0 Å². The van der Waals surface area contributed by atoms with Crippen LogP contribution in [0.1, 0.15) is 26.7 Å². The first kappa shape index (κ1) is 11.1. The summed E-state index contributed by atoms with van der Waals surface area (Å²) in [6.07, 6.45) is 1.98. The summed E-state index contributed by atoms with van der Waals surface area (Å²) in [5.74, 6) is 0.130. The SMILES string of the molecule is CCCC(OC)C(Br)C(C)=O. The molecule has 0 saturated heterocycles. The molecule has 0 aromatic heterocycles. The van der Waals surface area contributed by atoms with Crippen LogP contribution in [-0.4, -0.2) is 23.8 Å². The molecule has 0 aromatic rings. The molecule has 3 heteroatoms. The molecule has 0 N–H and O–H groups in total. The van der Waals surface area contributed by atoms with Crippen LogP contribution in [0.4, 0.5) is 0 Å². The molecule has 0 saturated carbocycles. The average molecular weight is 223 g/mol. The topological polar surface area (TPSA) is 26.3 Å². The zero-order chi connectivity index (χ0) is 8.85. The van der Waals surface area contributed by atoms with E-state index in [0.29, 0.717) is 0 Å². The second-order valence-corrected chi connectivity index (χ2v) is 3.56. The Morgan fingerprint density at radius 1 is 1.64 bits per heavy atom. The van der Waals surface area contributed by atoms with E-state index < -0.39 is 0 Å². The third-order valence-electron chi connectivity index (χ3n) is 1.59. The van der Waals surface area contributed by atoms with Crippen molar-refractivity contribution in [3.8, 4) is 0 Å². The van der Waals surface area contributed by atoms with Crippen molar-refractivity contribution in [1.82, 2.24) is 0 Å². The van der Waals surface area contributed by atoms with Gasteiger partial charge in [0, 0.05) is 7.11 Å².